The average molecular weight is 483 g/mol. The Hall–Kier alpha value is -0.138. The zero-order chi connectivity index (χ0) is 19.9. The Balaban J connectivity index is -0.000000411. The molecular weight excluding hydrogens is 441 g/mol. The molecule has 156 valence electrons. The Kier molecular flexibility index (Phi) is 32.8. The van der Waals surface area contributed by atoms with Crippen molar-refractivity contribution in [1.29, 1.82) is 0 Å². The number of aliphatic carboxylic acids is 2. The second-order valence-corrected chi connectivity index (χ2v) is 7.19. The molecule has 0 aliphatic carbocycles. The smallest absolute Gasteiger partial charge is 0.550 e. The maximum Gasteiger partial charge on any atom is 2.00 e. The van der Waals surface area contributed by atoms with Crippen LogP contribution in [-0.2, 0) is 36.9 Å². The molecule has 0 aromatic heterocycles. The first-order valence-electron chi connectivity index (χ1n) is 10.9. The fourth-order valence-corrected chi connectivity index (χ4v) is 2.81. The van der Waals surface area contributed by atoms with Gasteiger partial charge in [0.05, 0.1) is 0 Å². The normalized spacial score (nSPS) is 9.85. The van der Waals surface area contributed by atoms with Crippen LogP contribution >= 0.6 is 0 Å². The molecule has 0 heterocycles. The molecule has 0 unspecified atom stereocenters. The van der Waals surface area contributed by atoms with Gasteiger partial charge in [-0.1, -0.05) is 104 Å². The third kappa shape index (κ3) is 37.3. The van der Waals surface area contributed by atoms with E-state index in [2.05, 4.69) is 13.8 Å². The summed E-state index contributed by atoms with van der Waals surface area (Å²) in [6, 6.07) is 0. The summed E-state index contributed by atoms with van der Waals surface area (Å²) < 4.78 is 0. The van der Waals surface area contributed by atoms with Gasteiger partial charge in [-0.25, -0.2) is 0 Å². The van der Waals surface area contributed by atoms with Gasteiger partial charge in [0.25, 0.3) is 0 Å². The van der Waals surface area contributed by atoms with Crippen molar-refractivity contribution in [2.24, 2.45) is 0 Å². The molecule has 0 atom stereocenters. The van der Waals surface area contributed by atoms with Gasteiger partial charge in [-0.3, -0.25) is 0 Å². The zero-order valence-electron chi connectivity index (χ0n) is 18.1. The molecule has 0 N–H and O–H groups in total. The molecule has 0 aromatic rings. The Morgan fingerprint density at radius 3 is 0.926 bits per heavy atom. The summed E-state index contributed by atoms with van der Waals surface area (Å²) >= 11 is 0. The molecule has 0 spiro atoms. The predicted octanol–water partition coefficient (Wildman–Crippen LogP) is 4.53. The minimum absolute atomic E-state index is 0. The van der Waals surface area contributed by atoms with Crippen LogP contribution < -0.4 is 10.2 Å². The van der Waals surface area contributed by atoms with E-state index in [9.17, 15) is 19.8 Å². The number of carboxylic acids is 2. The van der Waals surface area contributed by atoms with E-state index in [0.717, 1.165) is 25.7 Å². The largest absolute Gasteiger partial charge is 2.00 e. The zero-order valence-corrected chi connectivity index (χ0v) is 22.1. The summed E-state index contributed by atoms with van der Waals surface area (Å²) in [6.45, 7) is 4.42. The van der Waals surface area contributed by atoms with E-state index in [1.165, 1.54) is 77.0 Å². The molecule has 0 rings (SSSR count). The van der Waals surface area contributed by atoms with Crippen LogP contribution in [0.5, 0.6) is 0 Å². The molecule has 0 aromatic carbocycles. The number of carbonyl (C=O) groups is 2. The number of carbonyl (C=O) groups excluding carboxylic acids is 2. The van der Waals surface area contributed by atoms with Crippen molar-refractivity contribution in [1.82, 2.24) is 0 Å². The SMILES string of the molecule is CCCCCCCCCCC(=O)[O-].CCCCCCCCCCC(=O)[O-].[Cd+2]. The first-order valence-corrected chi connectivity index (χ1v) is 10.9. The number of unbranched alkanes of at least 4 members (excludes halogenated alkanes) is 14. The summed E-state index contributed by atoms with van der Waals surface area (Å²) in [5, 5.41) is 20.1. The standard InChI is InChI=1S/2C11H22O2.Cd/c2*1-2-3-4-5-6-7-8-9-10-11(12)13;/h2*2-10H2,1H3,(H,12,13);/q;;+2/p-2. The van der Waals surface area contributed by atoms with Crippen LogP contribution in [0, 0.1) is 0 Å². The monoisotopic (exact) mass is 484 g/mol. The van der Waals surface area contributed by atoms with Crippen LogP contribution in [0.2, 0.25) is 0 Å². The van der Waals surface area contributed by atoms with E-state index in [-0.39, 0.29) is 40.1 Å². The molecule has 0 radical (unpaired) electrons. The third-order valence-electron chi connectivity index (χ3n) is 4.47. The molecule has 0 aliphatic heterocycles. The van der Waals surface area contributed by atoms with Gasteiger partial charge < -0.3 is 19.8 Å². The van der Waals surface area contributed by atoms with E-state index < -0.39 is 11.9 Å². The minimum atomic E-state index is -0.911. The summed E-state index contributed by atoms with van der Waals surface area (Å²) in [6.07, 6.45) is 19.5. The average Bonchev–Trinajstić information content (AvgIpc) is 2.60. The summed E-state index contributed by atoms with van der Waals surface area (Å²) in [5.41, 5.74) is 0. The van der Waals surface area contributed by atoms with Gasteiger partial charge in [0.2, 0.25) is 0 Å². The Morgan fingerprint density at radius 2 is 0.704 bits per heavy atom. The van der Waals surface area contributed by atoms with Crippen molar-refractivity contribution in [3.05, 3.63) is 0 Å². The Bertz CT molecular complexity index is 279. The van der Waals surface area contributed by atoms with Crippen LogP contribution in [0.3, 0.4) is 0 Å². The van der Waals surface area contributed by atoms with E-state index in [0.29, 0.717) is 0 Å². The van der Waals surface area contributed by atoms with Gasteiger partial charge >= 0.3 is 27.3 Å². The second kappa shape index (κ2) is 28.1. The number of hydrogen-bond acceptors (Lipinski definition) is 4. The topological polar surface area (TPSA) is 80.3 Å². The van der Waals surface area contributed by atoms with Crippen molar-refractivity contribution in [2.45, 2.75) is 129 Å². The Labute approximate surface area is 188 Å². The van der Waals surface area contributed by atoms with Gasteiger partial charge in [0.15, 0.2) is 0 Å². The maximum atomic E-state index is 10.1. The molecule has 5 heteroatoms. The number of carboxylic acid groups (broad SMARTS) is 2. The molecule has 4 nitrogen and oxygen atoms in total. The van der Waals surface area contributed by atoms with E-state index in [1.54, 1.807) is 0 Å². The van der Waals surface area contributed by atoms with E-state index in [1.807, 2.05) is 0 Å². The molecule has 0 amide bonds. The molecule has 0 fully saturated rings. The quantitative estimate of drug-likeness (QED) is 0.212. The van der Waals surface area contributed by atoms with Crippen molar-refractivity contribution in [3.8, 4) is 0 Å². The minimum Gasteiger partial charge on any atom is -0.550 e. The third-order valence-corrected chi connectivity index (χ3v) is 4.47. The van der Waals surface area contributed by atoms with Gasteiger partial charge in [0.1, 0.15) is 0 Å². The van der Waals surface area contributed by atoms with Crippen LogP contribution in [-0.4, -0.2) is 11.9 Å². The van der Waals surface area contributed by atoms with Crippen LogP contribution in [0.4, 0.5) is 0 Å². The number of hydrogen-bond donors (Lipinski definition) is 0. The fourth-order valence-electron chi connectivity index (χ4n) is 2.81. The molecule has 0 aliphatic rings. The fraction of sp³-hybridized carbons (Fsp3) is 0.909. The van der Waals surface area contributed by atoms with Gasteiger partial charge in [0, 0.05) is 11.9 Å². The molecular formula is C22H42CdO4. The molecule has 27 heavy (non-hydrogen) atoms. The molecule has 0 saturated carbocycles. The molecule has 0 bridgehead atoms. The van der Waals surface area contributed by atoms with Gasteiger partial charge in [-0.05, 0) is 25.7 Å². The van der Waals surface area contributed by atoms with Crippen LogP contribution in [0.25, 0.3) is 0 Å². The second-order valence-electron chi connectivity index (χ2n) is 7.19. The van der Waals surface area contributed by atoms with Crippen molar-refractivity contribution >= 4 is 11.9 Å². The first kappa shape index (κ1) is 31.6. The summed E-state index contributed by atoms with van der Waals surface area (Å²) in [4.78, 5) is 20.1. The Morgan fingerprint density at radius 1 is 0.481 bits per heavy atom. The first-order chi connectivity index (χ1) is 12.5. The van der Waals surface area contributed by atoms with Crippen LogP contribution in [0.15, 0.2) is 0 Å². The maximum absolute atomic E-state index is 10.1. The van der Waals surface area contributed by atoms with Crippen molar-refractivity contribution < 1.29 is 47.1 Å². The summed E-state index contributed by atoms with van der Waals surface area (Å²) in [5.74, 6) is -1.82. The predicted molar refractivity (Wildman–Crippen MR) is 104 cm³/mol. The van der Waals surface area contributed by atoms with Gasteiger partial charge in [-0.15, -0.1) is 0 Å². The molecule has 0 saturated heterocycles. The number of rotatable bonds is 18. The van der Waals surface area contributed by atoms with Crippen LogP contribution in [0.1, 0.15) is 129 Å². The summed E-state index contributed by atoms with van der Waals surface area (Å²) in [7, 11) is 0. The van der Waals surface area contributed by atoms with Crippen molar-refractivity contribution in [3.63, 3.8) is 0 Å². The van der Waals surface area contributed by atoms with E-state index >= 15 is 0 Å². The van der Waals surface area contributed by atoms with Gasteiger partial charge in [-0.2, -0.15) is 0 Å². The van der Waals surface area contributed by atoms with Crippen molar-refractivity contribution in [2.75, 3.05) is 0 Å². The van der Waals surface area contributed by atoms with E-state index in [4.69, 9.17) is 0 Å².